The molecule has 0 aliphatic carbocycles. The molecule has 0 spiro atoms. The number of nitrogen functional groups attached to an aromatic ring is 1. The summed E-state index contributed by atoms with van der Waals surface area (Å²) in [6, 6.07) is -0.856. The summed E-state index contributed by atoms with van der Waals surface area (Å²) in [7, 11) is 0. The lowest BCUT2D eigenvalue weighted by atomic mass is 10.0. The lowest BCUT2D eigenvalue weighted by Gasteiger charge is -2.48. The van der Waals surface area contributed by atoms with E-state index < -0.39 is 29.2 Å². The minimum atomic E-state index is -1.18. The summed E-state index contributed by atoms with van der Waals surface area (Å²) >= 11 is 2.51. The first-order valence-electron chi connectivity index (χ1n) is 7.93. The molecule has 1 fully saturated rings. The smallest absolute Gasteiger partial charge is 0.352 e. The first-order chi connectivity index (χ1) is 12.8. The Balaban J connectivity index is 1.77. The SMILES string of the molecule is CC(C)ON=C(C(=O)NC1C(=O)N2C(C(=O)O)=CCS[C@@H]12)c1csc(N)n1. The molecule has 1 aromatic rings. The molecular formula is C15H17N5O5S2. The summed E-state index contributed by atoms with van der Waals surface area (Å²) in [5, 5.41) is 17.0. The number of hydrogen-bond acceptors (Lipinski definition) is 9. The van der Waals surface area contributed by atoms with E-state index in [1.165, 1.54) is 22.7 Å². The number of carbonyl (C=O) groups is 3. The fourth-order valence-electron chi connectivity index (χ4n) is 2.51. The lowest BCUT2D eigenvalue weighted by Crippen LogP contribution is -2.70. The van der Waals surface area contributed by atoms with Crippen LogP contribution < -0.4 is 11.1 Å². The number of nitrogens with two attached hydrogens (primary N) is 1. The van der Waals surface area contributed by atoms with Gasteiger partial charge in [0, 0.05) is 11.1 Å². The molecule has 1 saturated heterocycles. The summed E-state index contributed by atoms with van der Waals surface area (Å²) in [5.74, 6) is -1.88. The Labute approximate surface area is 162 Å². The minimum Gasteiger partial charge on any atom is -0.477 e. The standard InChI is InChI=1S/C15H17N5O5S2/c1-6(2)25-19-9(7-5-27-15(16)17-7)11(21)18-10-12(22)20-8(14(23)24)3-4-26-13(10)20/h3,5-6,10,13H,4H2,1-2H3,(H2,16,17)(H,18,21)(H,23,24)/t10?,13-/m0/s1. The Morgan fingerprint density at radius 2 is 2.26 bits per heavy atom. The zero-order chi connectivity index (χ0) is 19.7. The molecule has 1 aromatic heterocycles. The average molecular weight is 411 g/mol. The topological polar surface area (TPSA) is 147 Å². The maximum Gasteiger partial charge on any atom is 0.352 e. The second-order valence-corrected chi connectivity index (χ2v) is 7.98. The largest absolute Gasteiger partial charge is 0.477 e. The van der Waals surface area contributed by atoms with Gasteiger partial charge in [0.15, 0.2) is 10.8 Å². The number of oxime groups is 1. The van der Waals surface area contributed by atoms with Gasteiger partial charge in [0.2, 0.25) is 0 Å². The van der Waals surface area contributed by atoms with E-state index >= 15 is 0 Å². The molecule has 0 bridgehead atoms. The van der Waals surface area contributed by atoms with Crippen LogP contribution in [-0.2, 0) is 19.2 Å². The summed E-state index contributed by atoms with van der Waals surface area (Å²) in [6.45, 7) is 3.50. The van der Waals surface area contributed by atoms with Crippen LogP contribution in [0.2, 0.25) is 0 Å². The third-order valence-electron chi connectivity index (χ3n) is 3.69. The number of carbonyl (C=O) groups excluding carboxylic acids is 2. The molecule has 10 nitrogen and oxygen atoms in total. The van der Waals surface area contributed by atoms with Gasteiger partial charge >= 0.3 is 5.97 Å². The summed E-state index contributed by atoms with van der Waals surface area (Å²) in [5.41, 5.74) is 5.69. The van der Waals surface area contributed by atoms with Crippen molar-refractivity contribution in [3.05, 3.63) is 22.8 Å². The second kappa shape index (κ2) is 7.56. The lowest BCUT2D eigenvalue weighted by molar-refractivity contribution is -0.150. The zero-order valence-corrected chi connectivity index (χ0v) is 16.0. The number of carboxylic acid groups (broad SMARTS) is 1. The summed E-state index contributed by atoms with van der Waals surface area (Å²) < 4.78 is 0. The summed E-state index contributed by atoms with van der Waals surface area (Å²) in [6.07, 6.45) is 1.21. The number of fused-ring (bicyclic) bond motifs is 1. The van der Waals surface area contributed by atoms with E-state index in [1.54, 1.807) is 19.2 Å². The van der Waals surface area contributed by atoms with Gasteiger partial charge in [0.1, 0.15) is 28.9 Å². The highest BCUT2D eigenvalue weighted by atomic mass is 32.2. The Kier molecular flexibility index (Phi) is 5.37. The van der Waals surface area contributed by atoms with Crippen LogP contribution in [0.15, 0.2) is 22.3 Å². The van der Waals surface area contributed by atoms with Gasteiger partial charge in [0.25, 0.3) is 11.8 Å². The van der Waals surface area contributed by atoms with Gasteiger partial charge in [-0.1, -0.05) is 5.16 Å². The number of hydrogen-bond donors (Lipinski definition) is 3. The van der Waals surface area contributed by atoms with Crippen LogP contribution in [0.3, 0.4) is 0 Å². The van der Waals surface area contributed by atoms with E-state index in [4.69, 9.17) is 10.6 Å². The monoisotopic (exact) mass is 411 g/mol. The van der Waals surface area contributed by atoms with Crippen LogP contribution in [0.1, 0.15) is 19.5 Å². The van der Waals surface area contributed by atoms with E-state index in [9.17, 15) is 19.5 Å². The van der Waals surface area contributed by atoms with Crippen LogP contribution >= 0.6 is 23.1 Å². The number of thiazole rings is 1. The predicted octanol–water partition coefficient (Wildman–Crippen LogP) is 0.223. The van der Waals surface area contributed by atoms with Crippen molar-refractivity contribution < 1.29 is 24.3 Å². The Bertz CT molecular complexity index is 849. The first-order valence-corrected chi connectivity index (χ1v) is 9.86. The number of nitrogens with one attached hydrogen (secondary N) is 1. The number of β-lactam (4-membered cyclic amide) rings is 1. The molecule has 1 unspecified atom stereocenters. The molecule has 2 amide bonds. The molecule has 27 heavy (non-hydrogen) atoms. The van der Waals surface area contributed by atoms with Crippen molar-refractivity contribution in [3.63, 3.8) is 0 Å². The number of anilines is 1. The third kappa shape index (κ3) is 3.76. The fourth-order valence-corrected chi connectivity index (χ4v) is 4.25. The molecule has 2 atom stereocenters. The van der Waals surface area contributed by atoms with E-state index in [1.807, 2.05) is 0 Å². The fraction of sp³-hybridized carbons (Fsp3) is 0.400. The second-order valence-electron chi connectivity index (χ2n) is 5.94. The number of thioether (sulfide) groups is 1. The number of aromatic nitrogens is 1. The third-order valence-corrected chi connectivity index (χ3v) is 5.54. The quantitative estimate of drug-likeness (QED) is 0.342. The highest BCUT2D eigenvalue weighted by Crippen LogP contribution is 2.37. The number of rotatable bonds is 6. The van der Waals surface area contributed by atoms with Crippen molar-refractivity contribution in [3.8, 4) is 0 Å². The van der Waals surface area contributed by atoms with Gasteiger partial charge in [-0.15, -0.1) is 23.1 Å². The maximum atomic E-state index is 12.7. The molecule has 2 aliphatic heterocycles. The Morgan fingerprint density at radius 3 is 2.85 bits per heavy atom. The van der Waals surface area contributed by atoms with E-state index in [-0.39, 0.29) is 28.3 Å². The number of amides is 2. The molecule has 0 aromatic carbocycles. The van der Waals surface area contributed by atoms with Gasteiger partial charge in [-0.05, 0) is 19.9 Å². The molecule has 3 rings (SSSR count). The van der Waals surface area contributed by atoms with Crippen molar-refractivity contribution in [2.24, 2.45) is 5.16 Å². The van der Waals surface area contributed by atoms with Crippen LogP contribution in [0.4, 0.5) is 5.13 Å². The highest BCUT2D eigenvalue weighted by Gasteiger charge is 2.53. The molecule has 0 saturated carbocycles. The number of carboxylic acids is 1. The van der Waals surface area contributed by atoms with Crippen molar-refractivity contribution in [1.29, 1.82) is 0 Å². The van der Waals surface area contributed by atoms with Crippen molar-refractivity contribution in [2.75, 3.05) is 11.5 Å². The van der Waals surface area contributed by atoms with Crippen LogP contribution in [0.5, 0.6) is 0 Å². The van der Waals surface area contributed by atoms with Crippen LogP contribution in [0, 0.1) is 0 Å². The molecular weight excluding hydrogens is 394 g/mol. The summed E-state index contributed by atoms with van der Waals surface area (Å²) in [4.78, 5) is 46.7. The van der Waals surface area contributed by atoms with Gasteiger partial charge < -0.3 is 21.0 Å². The number of nitrogens with zero attached hydrogens (tertiary/aromatic N) is 3. The average Bonchev–Trinajstić information content (AvgIpc) is 3.04. The Morgan fingerprint density at radius 1 is 1.52 bits per heavy atom. The normalized spacial score (nSPS) is 22.0. The van der Waals surface area contributed by atoms with Gasteiger partial charge in [-0.2, -0.15) is 0 Å². The van der Waals surface area contributed by atoms with Crippen LogP contribution in [-0.4, -0.2) is 61.8 Å². The van der Waals surface area contributed by atoms with Crippen molar-refractivity contribution >= 4 is 51.7 Å². The van der Waals surface area contributed by atoms with Crippen molar-refractivity contribution in [2.45, 2.75) is 31.4 Å². The molecule has 4 N–H and O–H groups in total. The van der Waals surface area contributed by atoms with Gasteiger partial charge in [-0.25, -0.2) is 9.78 Å². The van der Waals surface area contributed by atoms with Gasteiger partial charge in [0.05, 0.1) is 0 Å². The molecule has 144 valence electrons. The first kappa shape index (κ1) is 19.2. The maximum absolute atomic E-state index is 12.7. The Hall–Kier alpha value is -2.60. The zero-order valence-electron chi connectivity index (χ0n) is 14.4. The van der Waals surface area contributed by atoms with Crippen molar-refractivity contribution in [1.82, 2.24) is 15.2 Å². The molecule has 3 heterocycles. The number of aliphatic carboxylic acids is 1. The van der Waals surface area contributed by atoms with E-state index in [0.29, 0.717) is 5.75 Å². The van der Waals surface area contributed by atoms with Gasteiger partial charge in [-0.3, -0.25) is 14.5 Å². The van der Waals surface area contributed by atoms with E-state index in [2.05, 4.69) is 15.5 Å². The molecule has 0 radical (unpaired) electrons. The van der Waals surface area contributed by atoms with E-state index in [0.717, 1.165) is 11.3 Å². The highest BCUT2D eigenvalue weighted by molar-refractivity contribution is 8.00. The minimum absolute atomic E-state index is 0.0708. The predicted molar refractivity (Wildman–Crippen MR) is 100 cm³/mol. The molecule has 12 heteroatoms. The van der Waals surface area contributed by atoms with Crippen LogP contribution in [0.25, 0.3) is 0 Å². The molecule has 2 aliphatic rings.